The Kier molecular flexibility index (Phi) is 4.52. The van der Waals surface area contributed by atoms with Crippen LogP contribution in [-0.2, 0) is 10.2 Å². The van der Waals surface area contributed by atoms with Crippen molar-refractivity contribution in [3.63, 3.8) is 0 Å². The van der Waals surface area contributed by atoms with Gasteiger partial charge < -0.3 is 0 Å². The third-order valence-corrected chi connectivity index (χ3v) is 5.08. The van der Waals surface area contributed by atoms with Gasteiger partial charge in [-0.2, -0.15) is 0 Å². The molecule has 128 valence electrons. The molecule has 1 aromatic carbocycles. The van der Waals surface area contributed by atoms with Gasteiger partial charge in [-0.25, -0.2) is 0 Å². The number of imide groups is 1. The lowest BCUT2D eigenvalue weighted by molar-refractivity contribution is -0.121. The third kappa shape index (κ3) is 3.66. The Bertz CT molecular complexity index is 864. The molecule has 2 amide bonds. The fourth-order valence-corrected chi connectivity index (χ4v) is 3.36. The van der Waals surface area contributed by atoms with E-state index in [0.717, 1.165) is 33.5 Å². The van der Waals surface area contributed by atoms with E-state index in [0.29, 0.717) is 4.91 Å². The molecule has 1 aromatic heterocycles. The van der Waals surface area contributed by atoms with Gasteiger partial charge in [0.1, 0.15) is 0 Å². The number of likely N-dealkylation sites (N-methyl/N-ethyl adjacent to an activating group) is 1. The molecular weight excluding hydrogens is 332 g/mol. The molecule has 0 aliphatic carbocycles. The minimum atomic E-state index is -0.261. The highest BCUT2D eigenvalue weighted by molar-refractivity contribution is 8.18. The van der Waals surface area contributed by atoms with E-state index in [1.807, 2.05) is 12.1 Å². The number of hydrogen-bond donors (Lipinski definition) is 0. The van der Waals surface area contributed by atoms with E-state index in [2.05, 4.69) is 50.0 Å². The maximum absolute atomic E-state index is 12.0. The van der Waals surface area contributed by atoms with Gasteiger partial charge in [-0.1, -0.05) is 45.0 Å². The predicted molar refractivity (Wildman–Crippen MR) is 102 cm³/mol. The van der Waals surface area contributed by atoms with E-state index in [4.69, 9.17) is 0 Å². The second-order valence-electron chi connectivity index (χ2n) is 7.04. The van der Waals surface area contributed by atoms with Gasteiger partial charge in [0.2, 0.25) is 0 Å². The van der Waals surface area contributed by atoms with Gasteiger partial charge in [0, 0.05) is 18.8 Å². The number of carbonyl (C=O) groups is 2. The van der Waals surface area contributed by atoms with Gasteiger partial charge >= 0.3 is 0 Å². The van der Waals surface area contributed by atoms with Crippen LogP contribution in [0.2, 0.25) is 0 Å². The smallest absolute Gasteiger partial charge is 0.272 e. The highest BCUT2D eigenvalue weighted by Crippen LogP contribution is 2.31. The lowest BCUT2D eigenvalue weighted by atomic mass is 9.86. The van der Waals surface area contributed by atoms with Crippen LogP contribution in [0, 0.1) is 0 Å². The molecule has 2 heterocycles. The van der Waals surface area contributed by atoms with Crippen LogP contribution in [0.4, 0.5) is 4.79 Å². The highest BCUT2D eigenvalue weighted by Gasteiger charge is 2.31. The molecule has 2 aromatic rings. The number of thioether (sulfide) groups is 1. The number of hydrogen-bond acceptors (Lipinski definition) is 4. The first-order chi connectivity index (χ1) is 11.8. The zero-order valence-electron chi connectivity index (χ0n) is 14.7. The Morgan fingerprint density at radius 1 is 1.08 bits per heavy atom. The Hall–Kier alpha value is -2.40. The Morgan fingerprint density at radius 2 is 1.76 bits per heavy atom. The fraction of sp³-hybridized carbons (Fsp3) is 0.250. The number of rotatable bonds is 2. The molecule has 1 aliphatic heterocycles. The van der Waals surface area contributed by atoms with E-state index in [1.165, 1.54) is 12.6 Å². The molecule has 0 spiro atoms. The van der Waals surface area contributed by atoms with Crippen molar-refractivity contribution < 1.29 is 9.59 Å². The molecule has 1 fully saturated rings. The first-order valence-corrected chi connectivity index (χ1v) is 8.86. The Morgan fingerprint density at radius 3 is 2.32 bits per heavy atom. The van der Waals surface area contributed by atoms with Crippen molar-refractivity contribution in [2.45, 2.75) is 26.2 Å². The van der Waals surface area contributed by atoms with Gasteiger partial charge in [0.25, 0.3) is 11.1 Å². The van der Waals surface area contributed by atoms with Crippen LogP contribution < -0.4 is 0 Å². The molecular formula is C20H20N2O2S. The summed E-state index contributed by atoms with van der Waals surface area (Å²) in [4.78, 5) is 29.6. The normalized spacial score (nSPS) is 16.8. The van der Waals surface area contributed by atoms with Crippen molar-refractivity contribution in [2.24, 2.45) is 0 Å². The van der Waals surface area contributed by atoms with Crippen LogP contribution in [0.1, 0.15) is 31.9 Å². The van der Waals surface area contributed by atoms with Crippen molar-refractivity contribution in [1.29, 1.82) is 0 Å². The summed E-state index contributed by atoms with van der Waals surface area (Å²) in [6.45, 7) is 6.55. The molecule has 0 unspecified atom stereocenters. The van der Waals surface area contributed by atoms with Crippen LogP contribution in [-0.4, -0.2) is 28.1 Å². The molecule has 0 bridgehead atoms. The summed E-state index contributed by atoms with van der Waals surface area (Å²) < 4.78 is 0. The van der Waals surface area contributed by atoms with Crippen LogP contribution in [0.5, 0.6) is 0 Å². The first-order valence-electron chi connectivity index (χ1n) is 8.04. The van der Waals surface area contributed by atoms with Crippen LogP contribution in [0.15, 0.2) is 47.5 Å². The van der Waals surface area contributed by atoms with Gasteiger partial charge in [0.05, 0.1) is 10.6 Å². The lowest BCUT2D eigenvalue weighted by Gasteiger charge is -2.19. The summed E-state index contributed by atoms with van der Waals surface area (Å²) in [5, 5.41) is -0.247. The van der Waals surface area contributed by atoms with Crippen molar-refractivity contribution in [1.82, 2.24) is 9.88 Å². The number of amides is 2. The molecule has 3 rings (SSSR count). The van der Waals surface area contributed by atoms with Gasteiger partial charge in [-0.05, 0) is 46.5 Å². The second-order valence-corrected chi connectivity index (χ2v) is 8.04. The van der Waals surface area contributed by atoms with E-state index >= 15 is 0 Å². The first kappa shape index (κ1) is 17.4. The summed E-state index contributed by atoms with van der Waals surface area (Å²) in [5.41, 5.74) is 4.08. The van der Waals surface area contributed by atoms with Crippen molar-refractivity contribution >= 4 is 29.0 Å². The molecule has 1 saturated heterocycles. The quantitative estimate of drug-likeness (QED) is 0.734. The predicted octanol–water partition coefficient (Wildman–Crippen LogP) is 4.71. The molecule has 5 heteroatoms. The van der Waals surface area contributed by atoms with Crippen LogP contribution in [0.25, 0.3) is 17.3 Å². The second kappa shape index (κ2) is 6.48. The minimum Gasteiger partial charge on any atom is -0.272 e. The Labute approximate surface area is 152 Å². The van der Waals surface area contributed by atoms with Gasteiger partial charge in [-0.3, -0.25) is 19.5 Å². The number of aromatic nitrogens is 1. The fourth-order valence-electron chi connectivity index (χ4n) is 2.53. The topological polar surface area (TPSA) is 50.3 Å². The number of carbonyl (C=O) groups excluding carboxylic acids is 2. The summed E-state index contributed by atoms with van der Waals surface area (Å²) in [7, 11) is 1.49. The number of pyridine rings is 1. The molecule has 0 N–H and O–H groups in total. The zero-order chi connectivity index (χ0) is 18.2. The van der Waals surface area contributed by atoms with E-state index < -0.39 is 0 Å². The molecule has 0 atom stereocenters. The molecule has 4 nitrogen and oxygen atoms in total. The molecule has 0 radical (unpaired) electrons. The highest BCUT2D eigenvalue weighted by atomic mass is 32.2. The third-order valence-electron chi connectivity index (χ3n) is 4.11. The van der Waals surface area contributed by atoms with Crippen LogP contribution >= 0.6 is 11.8 Å². The minimum absolute atomic E-state index is 0.108. The molecule has 1 aliphatic rings. The average molecular weight is 352 g/mol. The number of benzene rings is 1. The van der Waals surface area contributed by atoms with E-state index in [-0.39, 0.29) is 16.6 Å². The van der Waals surface area contributed by atoms with E-state index in [9.17, 15) is 9.59 Å². The van der Waals surface area contributed by atoms with Crippen molar-refractivity contribution in [2.75, 3.05) is 7.05 Å². The van der Waals surface area contributed by atoms with Crippen LogP contribution in [0.3, 0.4) is 0 Å². The summed E-state index contributed by atoms with van der Waals surface area (Å²) in [6, 6.07) is 12.1. The average Bonchev–Trinajstić information content (AvgIpc) is 2.81. The molecule has 0 saturated carbocycles. The monoisotopic (exact) mass is 352 g/mol. The number of nitrogens with zero attached hydrogens (tertiary/aromatic N) is 2. The summed E-state index contributed by atoms with van der Waals surface area (Å²) >= 11 is 0.961. The van der Waals surface area contributed by atoms with E-state index in [1.54, 1.807) is 12.3 Å². The van der Waals surface area contributed by atoms with Crippen molar-refractivity contribution in [3.8, 4) is 11.3 Å². The largest absolute Gasteiger partial charge is 0.293 e. The summed E-state index contributed by atoms with van der Waals surface area (Å²) in [5.74, 6) is -0.261. The standard InChI is InChI=1S/C20H20N2O2S/c1-20(2,3)15-7-5-14(6-8-15)16-11-13(9-10-21-16)12-17-18(23)22(4)19(24)25-17/h5-12H,1-4H3. The molecule has 25 heavy (non-hydrogen) atoms. The SMILES string of the molecule is CN1C(=O)SC(=Cc2ccnc(-c3ccc(C(C)(C)C)cc3)c2)C1=O. The Balaban J connectivity index is 1.90. The summed E-state index contributed by atoms with van der Waals surface area (Å²) in [6.07, 6.45) is 3.46. The van der Waals surface area contributed by atoms with Gasteiger partial charge in [-0.15, -0.1) is 0 Å². The van der Waals surface area contributed by atoms with Crippen molar-refractivity contribution in [3.05, 3.63) is 58.6 Å². The maximum atomic E-state index is 12.0. The lowest BCUT2D eigenvalue weighted by Crippen LogP contribution is -2.22. The zero-order valence-corrected chi connectivity index (χ0v) is 15.6. The maximum Gasteiger partial charge on any atom is 0.293 e. The van der Waals surface area contributed by atoms with Gasteiger partial charge in [0.15, 0.2) is 0 Å².